The Hall–Kier alpha value is -2.01. The van der Waals surface area contributed by atoms with Gasteiger partial charge in [-0.25, -0.2) is 9.37 Å². The maximum Gasteiger partial charge on any atom is 0.251 e. The van der Waals surface area contributed by atoms with Crippen LogP contribution in [0.1, 0.15) is 5.82 Å². The monoisotopic (exact) mass is 234 g/mol. The third-order valence-corrected chi connectivity index (χ3v) is 2.19. The highest BCUT2D eigenvalue weighted by molar-refractivity contribution is 5.58. The highest BCUT2D eigenvalue weighted by Crippen LogP contribution is 2.16. The van der Waals surface area contributed by atoms with E-state index in [0.29, 0.717) is 17.1 Å². The van der Waals surface area contributed by atoms with Crippen LogP contribution in [-0.4, -0.2) is 17.1 Å². The number of nitrogens with zero attached hydrogens (tertiary/aromatic N) is 1. The first-order valence-electron chi connectivity index (χ1n) is 5.04. The fourth-order valence-corrected chi connectivity index (χ4v) is 1.51. The minimum Gasteiger partial charge on any atom is -0.377 e. The van der Waals surface area contributed by atoms with Gasteiger partial charge in [0.15, 0.2) is 0 Å². The molecule has 1 N–H and O–H groups in total. The van der Waals surface area contributed by atoms with Crippen molar-refractivity contribution >= 4 is 0 Å². The fourth-order valence-electron chi connectivity index (χ4n) is 1.51. The number of aromatic amines is 1. The molecule has 5 heteroatoms. The second-order valence-corrected chi connectivity index (χ2v) is 3.52. The Morgan fingerprint density at radius 1 is 1.41 bits per heavy atom. The first-order valence-corrected chi connectivity index (χ1v) is 5.04. The van der Waals surface area contributed by atoms with Gasteiger partial charge in [-0.05, 0) is 12.1 Å². The highest BCUT2D eigenvalue weighted by Gasteiger charge is 2.04. The molecule has 0 unspecified atom stereocenters. The number of aromatic nitrogens is 2. The van der Waals surface area contributed by atoms with Gasteiger partial charge in [0.25, 0.3) is 5.56 Å². The summed E-state index contributed by atoms with van der Waals surface area (Å²) in [7, 11) is 1.51. The zero-order valence-electron chi connectivity index (χ0n) is 9.24. The molecule has 1 heterocycles. The average molecular weight is 234 g/mol. The van der Waals surface area contributed by atoms with Gasteiger partial charge in [0.05, 0.1) is 5.69 Å². The van der Waals surface area contributed by atoms with Crippen molar-refractivity contribution in [1.82, 2.24) is 9.97 Å². The molecule has 0 atom stereocenters. The molecule has 0 spiro atoms. The minimum absolute atomic E-state index is 0.207. The van der Waals surface area contributed by atoms with Gasteiger partial charge in [0, 0.05) is 18.7 Å². The van der Waals surface area contributed by atoms with E-state index in [4.69, 9.17) is 4.74 Å². The summed E-state index contributed by atoms with van der Waals surface area (Å²) >= 11 is 0. The van der Waals surface area contributed by atoms with Crippen LogP contribution in [-0.2, 0) is 11.3 Å². The van der Waals surface area contributed by atoms with E-state index < -0.39 is 0 Å². The normalized spacial score (nSPS) is 10.5. The van der Waals surface area contributed by atoms with E-state index in [1.165, 1.54) is 25.3 Å². The molecule has 0 saturated heterocycles. The number of rotatable bonds is 3. The Labute approximate surface area is 97.1 Å². The Bertz CT molecular complexity index is 581. The third kappa shape index (κ3) is 2.76. The van der Waals surface area contributed by atoms with Gasteiger partial charge in [0.1, 0.15) is 18.2 Å². The van der Waals surface area contributed by atoms with Gasteiger partial charge in [-0.2, -0.15) is 0 Å². The molecular formula is C12H11FN2O2. The average Bonchev–Trinajstić information content (AvgIpc) is 2.28. The van der Waals surface area contributed by atoms with Crippen molar-refractivity contribution in [3.8, 4) is 11.3 Å². The second-order valence-electron chi connectivity index (χ2n) is 3.52. The number of H-pyrrole nitrogens is 1. The van der Waals surface area contributed by atoms with E-state index in [-0.39, 0.29) is 18.0 Å². The Morgan fingerprint density at radius 2 is 2.24 bits per heavy atom. The lowest BCUT2D eigenvalue weighted by atomic mass is 10.1. The number of methoxy groups -OCH3 is 1. The molecule has 0 amide bonds. The fraction of sp³-hybridized carbons (Fsp3) is 0.167. The highest BCUT2D eigenvalue weighted by atomic mass is 19.1. The van der Waals surface area contributed by atoms with Crippen molar-refractivity contribution in [2.45, 2.75) is 6.61 Å². The molecule has 2 aromatic rings. The molecule has 0 fully saturated rings. The molecule has 2 rings (SSSR count). The largest absolute Gasteiger partial charge is 0.377 e. The first kappa shape index (κ1) is 11.5. The van der Waals surface area contributed by atoms with Crippen LogP contribution >= 0.6 is 0 Å². The van der Waals surface area contributed by atoms with E-state index in [0.717, 1.165) is 0 Å². The predicted octanol–water partition coefficient (Wildman–Crippen LogP) is 1.72. The van der Waals surface area contributed by atoms with E-state index in [9.17, 15) is 9.18 Å². The van der Waals surface area contributed by atoms with Crippen molar-refractivity contribution in [1.29, 1.82) is 0 Å². The van der Waals surface area contributed by atoms with Crippen molar-refractivity contribution < 1.29 is 9.13 Å². The minimum atomic E-state index is -0.363. The molecule has 0 aliphatic rings. The Kier molecular flexibility index (Phi) is 3.30. The van der Waals surface area contributed by atoms with Crippen LogP contribution in [0.4, 0.5) is 4.39 Å². The summed E-state index contributed by atoms with van der Waals surface area (Å²) in [5.74, 6) is 0.0529. The quantitative estimate of drug-likeness (QED) is 0.879. The van der Waals surface area contributed by atoms with Crippen LogP contribution in [0.5, 0.6) is 0 Å². The maximum atomic E-state index is 13.1. The Morgan fingerprint density at radius 3 is 2.94 bits per heavy atom. The van der Waals surface area contributed by atoms with Crippen molar-refractivity contribution in [3.63, 3.8) is 0 Å². The van der Waals surface area contributed by atoms with Crippen molar-refractivity contribution in [2.75, 3.05) is 7.11 Å². The number of nitrogens with one attached hydrogen (secondary N) is 1. The number of benzene rings is 1. The number of halogens is 1. The first-order chi connectivity index (χ1) is 8.19. The number of hydrogen-bond acceptors (Lipinski definition) is 3. The molecular weight excluding hydrogens is 223 g/mol. The van der Waals surface area contributed by atoms with Gasteiger partial charge in [-0.15, -0.1) is 0 Å². The van der Waals surface area contributed by atoms with Gasteiger partial charge >= 0.3 is 0 Å². The van der Waals surface area contributed by atoms with E-state index in [1.807, 2.05) is 0 Å². The van der Waals surface area contributed by atoms with Gasteiger partial charge in [-0.3, -0.25) is 4.79 Å². The zero-order valence-corrected chi connectivity index (χ0v) is 9.24. The molecule has 1 aromatic heterocycles. The summed E-state index contributed by atoms with van der Waals surface area (Å²) in [5, 5.41) is 0. The van der Waals surface area contributed by atoms with Crippen LogP contribution in [0.3, 0.4) is 0 Å². The third-order valence-electron chi connectivity index (χ3n) is 2.19. The van der Waals surface area contributed by atoms with Gasteiger partial charge < -0.3 is 9.72 Å². The molecule has 0 aliphatic heterocycles. The summed E-state index contributed by atoms with van der Waals surface area (Å²) in [6.45, 7) is 0.207. The van der Waals surface area contributed by atoms with Crippen molar-refractivity contribution in [2.24, 2.45) is 0 Å². The molecule has 88 valence electrons. The summed E-state index contributed by atoms with van der Waals surface area (Å²) in [6, 6.07) is 7.27. The van der Waals surface area contributed by atoms with Crippen LogP contribution in [0, 0.1) is 5.82 Å². The zero-order chi connectivity index (χ0) is 12.3. The van der Waals surface area contributed by atoms with E-state index >= 15 is 0 Å². The number of ether oxygens (including phenoxy) is 1. The molecule has 0 bridgehead atoms. The summed E-state index contributed by atoms with van der Waals surface area (Å²) in [4.78, 5) is 18.1. The van der Waals surface area contributed by atoms with Crippen LogP contribution in [0.2, 0.25) is 0 Å². The van der Waals surface area contributed by atoms with Crippen LogP contribution in [0.25, 0.3) is 11.3 Å². The maximum absolute atomic E-state index is 13.1. The smallest absolute Gasteiger partial charge is 0.251 e. The summed E-state index contributed by atoms with van der Waals surface area (Å²) < 4.78 is 18.0. The van der Waals surface area contributed by atoms with Crippen LogP contribution < -0.4 is 5.56 Å². The Balaban J connectivity index is 2.48. The molecule has 0 radical (unpaired) electrons. The van der Waals surface area contributed by atoms with E-state index in [1.54, 1.807) is 12.1 Å². The van der Waals surface area contributed by atoms with Crippen LogP contribution in [0.15, 0.2) is 35.1 Å². The molecule has 0 saturated carbocycles. The second kappa shape index (κ2) is 4.88. The van der Waals surface area contributed by atoms with Gasteiger partial charge in [-0.1, -0.05) is 12.1 Å². The molecule has 1 aromatic carbocycles. The lowest BCUT2D eigenvalue weighted by Crippen LogP contribution is -2.11. The molecule has 17 heavy (non-hydrogen) atoms. The predicted molar refractivity (Wildman–Crippen MR) is 61.0 cm³/mol. The lowest BCUT2D eigenvalue weighted by molar-refractivity contribution is 0.177. The van der Waals surface area contributed by atoms with Gasteiger partial charge in [0.2, 0.25) is 0 Å². The molecule has 4 nitrogen and oxygen atoms in total. The standard InChI is InChI=1S/C12H11FN2O2/c1-17-7-11-14-10(6-12(16)15-11)8-3-2-4-9(13)5-8/h2-6H,7H2,1H3,(H,14,15,16). The van der Waals surface area contributed by atoms with Crippen molar-refractivity contribution in [3.05, 3.63) is 52.3 Å². The van der Waals surface area contributed by atoms with E-state index in [2.05, 4.69) is 9.97 Å². The summed E-state index contributed by atoms with van der Waals surface area (Å²) in [5.41, 5.74) is 0.708. The number of hydrogen-bond donors (Lipinski definition) is 1. The topological polar surface area (TPSA) is 55.0 Å². The molecule has 0 aliphatic carbocycles. The lowest BCUT2D eigenvalue weighted by Gasteiger charge is -2.03. The summed E-state index contributed by atoms with van der Waals surface area (Å²) in [6.07, 6.45) is 0. The SMILES string of the molecule is COCc1nc(-c2cccc(F)c2)cc(=O)[nH]1.